The molecule has 1 saturated heterocycles. The molecule has 0 aliphatic carbocycles. The second-order valence-corrected chi connectivity index (χ2v) is 8.08. The Morgan fingerprint density at radius 3 is 2.71 bits per heavy atom. The molecule has 1 aliphatic heterocycles. The minimum Gasteiger partial charge on any atom is -0.379 e. The lowest BCUT2D eigenvalue weighted by Crippen LogP contribution is -2.46. The molecule has 2 heterocycles. The van der Waals surface area contributed by atoms with Gasteiger partial charge in [0.05, 0.1) is 25.8 Å². The molecule has 9 heteroatoms. The molecule has 0 spiro atoms. The molecule has 2 N–H and O–H groups in total. The molecule has 6 nitrogen and oxygen atoms in total. The summed E-state index contributed by atoms with van der Waals surface area (Å²) in [7, 11) is 1.78. The molecule has 1 aliphatic rings. The number of rotatable bonds is 6. The molecule has 3 rings (SSSR count). The average molecular weight is 536 g/mol. The van der Waals surface area contributed by atoms with Crippen LogP contribution in [0.2, 0.25) is 5.02 Å². The summed E-state index contributed by atoms with van der Waals surface area (Å²) in [5.74, 6) is 0.758. The van der Waals surface area contributed by atoms with Gasteiger partial charge in [0.15, 0.2) is 5.96 Å². The molecule has 2 aromatic rings. The number of guanidine groups is 1. The maximum atomic E-state index is 6.49. The third-order valence-electron chi connectivity index (χ3n) is 4.51. The number of halogens is 2. The minimum absolute atomic E-state index is 0. The van der Waals surface area contributed by atoms with Crippen LogP contribution in [-0.4, -0.2) is 55.7 Å². The van der Waals surface area contributed by atoms with E-state index in [0.717, 1.165) is 47.9 Å². The zero-order chi connectivity index (χ0) is 19.1. The first-order valence-corrected chi connectivity index (χ1v) is 10.3. The first-order valence-electron chi connectivity index (χ1n) is 9.09. The normalized spacial score (nSPS) is 16.3. The number of hydrogen-bond acceptors (Lipinski definition) is 5. The van der Waals surface area contributed by atoms with Gasteiger partial charge < -0.3 is 15.4 Å². The molecule has 1 atom stereocenters. The Bertz CT molecular complexity index is 766. The van der Waals surface area contributed by atoms with Crippen LogP contribution in [0.15, 0.2) is 35.5 Å². The molecule has 1 aromatic carbocycles. The topological polar surface area (TPSA) is 61.8 Å². The minimum atomic E-state index is 0. The zero-order valence-corrected chi connectivity index (χ0v) is 20.1. The summed E-state index contributed by atoms with van der Waals surface area (Å²) in [6, 6.07) is 8.20. The van der Waals surface area contributed by atoms with Gasteiger partial charge in [-0.15, -0.1) is 35.3 Å². The van der Waals surface area contributed by atoms with Gasteiger partial charge in [-0.2, -0.15) is 0 Å². The number of thiazole rings is 1. The lowest BCUT2D eigenvalue weighted by molar-refractivity contribution is 0.0170. The van der Waals surface area contributed by atoms with Gasteiger partial charge in [-0.25, -0.2) is 4.98 Å². The molecule has 28 heavy (non-hydrogen) atoms. The van der Waals surface area contributed by atoms with Gasteiger partial charge in [-0.3, -0.25) is 9.89 Å². The van der Waals surface area contributed by atoms with Crippen LogP contribution in [0.25, 0.3) is 0 Å². The first kappa shape index (κ1) is 23.3. The lowest BCUT2D eigenvalue weighted by atomic mass is 10.0. The molecule has 1 unspecified atom stereocenters. The summed E-state index contributed by atoms with van der Waals surface area (Å²) in [5.41, 5.74) is 1.12. The first-order chi connectivity index (χ1) is 13.2. The Balaban J connectivity index is 0.00000280. The second kappa shape index (κ2) is 11.9. The van der Waals surface area contributed by atoms with E-state index in [0.29, 0.717) is 13.1 Å². The van der Waals surface area contributed by atoms with Crippen LogP contribution in [0.4, 0.5) is 0 Å². The van der Waals surface area contributed by atoms with E-state index in [4.69, 9.17) is 16.3 Å². The van der Waals surface area contributed by atoms with Crippen LogP contribution in [0, 0.1) is 6.92 Å². The average Bonchev–Trinajstić information content (AvgIpc) is 3.11. The highest BCUT2D eigenvalue weighted by Gasteiger charge is 2.24. The number of nitrogens with zero attached hydrogens (tertiary/aromatic N) is 3. The summed E-state index contributed by atoms with van der Waals surface area (Å²) in [5, 5.41) is 8.61. The quantitative estimate of drug-likeness (QED) is 0.337. The van der Waals surface area contributed by atoms with Gasteiger partial charge in [-0.05, 0) is 18.6 Å². The van der Waals surface area contributed by atoms with Gasteiger partial charge in [0, 0.05) is 42.8 Å². The van der Waals surface area contributed by atoms with Crippen LogP contribution in [-0.2, 0) is 11.3 Å². The highest BCUT2D eigenvalue weighted by atomic mass is 127. The highest BCUT2D eigenvalue weighted by Crippen LogP contribution is 2.27. The van der Waals surface area contributed by atoms with Crippen LogP contribution in [0.1, 0.15) is 21.5 Å². The molecule has 0 amide bonds. The second-order valence-electron chi connectivity index (χ2n) is 6.36. The lowest BCUT2D eigenvalue weighted by Gasteiger charge is -2.35. The number of morpholine rings is 1. The molecule has 154 valence electrons. The monoisotopic (exact) mass is 535 g/mol. The van der Waals surface area contributed by atoms with E-state index < -0.39 is 0 Å². The fourth-order valence-corrected chi connectivity index (χ4v) is 4.12. The molecule has 1 aromatic heterocycles. The van der Waals surface area contributed by atoms with Crippen molar-refractivity contribution in [2.75, 3.05) is 39.9 Å². The van der Waals surface area contributed by atoms with Crippen molar-refractivity contribution in [3.63, 3.8) is 0 Å². The van der Waals surface area contributed by atoms with E-state index in [-0.39, 0.29) is 30.0 Å². The highest BCUT2D eigenvalue weighted by molar-refractivity contribution is 14.0. The van der Waals surface area contributed by atoms with Crippen molar-refractivity contribution in [2.45, 2.75) is 19.5 Å². The van der Waals surface area contributed by atoms with Gasteiger partial charge in [0.25, 0.3) is 0 Å². The van der Waals surface area contributed by atoms with Crippen LogP contribution < -0.4 is 10.6 Å². The predicted octanol–water partition coefficient (Wildman–Crippen LogP) is 3.46. The molecule has 0 saturated carbocycles. The van der Waals surface area contributed by atoms with Crippen molar-refractivity contribution in [3.05, 3.63) is 50.9 Å². The number of ether oxygens (including phenoxy) is 1. The fraction of sp³-hybridized carbons (Fsp3) is 0.474. The van der Waals surface area contributed by atoms with Crippen molar-refractivity contribution < 1.29 is 4.74 Å². The Hall–Kier alpha value is -0.940. The molecule has 1 fully saturated rings. The summed E-state index contributed by atoms with van der Waals surface area (Å²) in [6.45, 7) is 6.70. The van der Waals surface area contributed by atoms with Gasteiger partial charge >= 0.3 is 0 Å². The van der Waals surface area contributed by atoms with Crippen molar-refractivity contribution >= 4 is 52.9 Å². The molecule has 0 radical (unpaired) electrons. The summed E-state index contributed by atoms with van der Waals surface area (Å²) in [4.78, 5) is 12.3. The smallest absolute Gasteiger partial charge is 0.191 e. The largest absolute Gasteiger partial charge is 0.379 e. The van der Waals surface area contributed by atoms with Gasteiger partial charge in [0.1, 0.15) is 5.01 Å². The number of benzene rings is 1. The Labute approximate surface area is 192 Å². The third-order valence-corrected chi connectivity index (χ3v) is 5.77. The molecule has 0 bridgehead atoms. The van der Waals surface area contributed by atoms with Crippen molar-refractivity contribution in [2.24, 2.45) is 4.99 Å². The van der Waals surface area contributed by atoms with Crippen LogP contribution in [0.3, 0.4) is 0 Å². The molecular weight excluding hydrogens is 509 g/mol. The van der Waals surface area contributed by atoms with E-state index in [1.807, 2.05) is 24.4 Å². The summed E-state index contributed by atoms with van der Waals surface area (Å²) in [6.07, 6.45) is 1.89. The Kier molecular flexibility index (Phi) is 9.93. The fourth-order valence-electron chi connectivity index (χ4n) is 3.13. The van der Waals surface area contributed by atoms with E-state index in [9.17, 15) is 0 Å². The number of aliphatic imine (C=N–C) groups is 1. The van der Waals surface area contributed by atoms with E-state index in [2.05, 4.69) is 38.5 Å². The van der Waals surface area contributed by atoms with E-state index in [1.54, 1.807) is 18.4 Å². The van der Waals surface area contributed by atoms with Crippen molar-refractivity contribution in [1.29, 1.82) is 0 Å². The third kappa shape index (κ3) is 6.55. The van der Waals surface area contributed by atoms with Crippen molar-refractivity contribution in [1.82, 2.24) is 20.5 Å². The SMILES string of the molecule is CN=C(NCc1ncc(C)s1)NCC(c1ccccc1Cl)N1CCOCC1.I. The number of hydrogen-bond donors (Lipinski definition) is 2. The number of aryl methyl sites for hydroxylation is 1. The summed E-state index contributed by atoms with van der Waals surface area (Å²) < 4.78 is 5.52. The molecular formula is C19H27ClIN5OS. The zero-order valence-electron chi connectivity index (χ0n) is 16.2. The van der Waals surface area contributed by atoms with Gasteiger partial charge in [0.2, 0.25) is 0 Å². The van der Waals surface area contributed by atoms with Gasteiger partial charge in [-0.1, -0.05) is 29.8 Å². The van der Waals surface area contributed by atoms with Crippen molar-refractivity contribution in [3.8, 4) is 0 Å². The number of aromatic nitrogens is 1. The summed E-state index contributed by atoms with van der Waals surface area (Å²) >= 11 is 8.18. The maximum absolute atomic E-state index is 6.49. The standard InChI is InChI=1S/C19H26ClN5OS.HI/c1-14-11-22-18(27-14)13-24-19(21-2)23-12-17(25-7-9-26-10-8-25)15-5-3-4-6-16(15)20;/h3-6,11,17H,7-10,12-13H2,1-2H3,(H2,21,23,24);1H. The Morgan fingerprint density at radius 1 is 1.32 bits per heavy atom. The van der Waals surface area contributed by atoms with Crippen LogP contribution >= 0.6 is 46.9 Å². The van der Waals surface area contributed by atoms with E-state index >= 15 is 0 Å². The van der Waals surface area contributed by atoms with Crippen LogP contribution in [0.5, 0.6) is 0 Å². The Morgan fingerprint density at radius 2 is 2.07 bits per heavy atom. The predicted molar refractivity (Wildman–Crippen MR) is 127 cm³/mol. The number of nitrogens with one attached hydrogen (secondary N) is 2. The maximum Gasteiger partial charge on any atom is 0.191 e. The van der Waals surface area contributed by atoms with E-state index in [1.165, 1.54) is 4.88 Å².